The highest BCUT2D eigenvalue weighted by Gasteiger charge is 2.33. The van der Waals surface area contributed by atoms with E-state index in [1.807, 2.05) is 0 Å². The molecule has 1 aromatic carbocycles. The molecule has 2 N–H and O–H groups in total. The number of carbonyl (C=O) groups excluding carboxylic acids is 1. The standard InChI is InChI=1S/C25H24ClF2N3O3S/c1-12-4-15(5-14(12)10-32)31-25-18(9-29-11-30-25)22(33)21-8-17(24(26)35-21)23-16-7-20(28)19(27)6-13(16)2-3-34-23/h6-9,11-12,14-15,23,32H,2-5,10H2,1H3,(H,29,30,31)/t12-,14+,15-,23?/m0/s1. The predicted octanol–water partition coefficient (Wildman–Crippen LogP) is 5.18. The first-order valence-electron chi connectivity index (χ1n) is 11.5. The lowest BCUT2D eigenvalue weighted by molar-refractivity contribution is 0.0696. The van der Waals surface area contributed by atoms with E-state index in [0.29, 0.717) is 56.2 Å². The van der Waals surface area contributed by atoms with Gasteiger partial charge in [-0.15, -0.1) is 11.3 Å². The number of hydrogen-bond acceptors (Lipinski definition) is 7. The largest absolute Gasteiger partial charge is 0.396 e. The molecule has 0 saturated heterocycles. The summed E-state index contributed by atoms with van der Waals surface area (Å²) in [6.45, 7) is 2.57. The zero-order valence-corrected chi connectivity index (χ0v) is 20.5. The van der Waals surface area contributed by atoms with Crippen molar-refractivity contribution in [3.8, 4) is 0 Å². The molecule has 184 valence electrons. The van der Waals surface area contributed by atoms with E-state index in [2.05, 4.69) is 22.2 Å². The smallest absolute Gasteiger partial charge is 0.208 e. The van der Waals surface area contributed by atoms with Gasteiger partial charge in [-0.2, -0.15) is 0 Å². The number of ketones is 1. The van der Waals surface area contributed by atoms with E-state index in [0.717, 1.165) is 30.2 Å². The zero-order valence-electron chi connectivity index (χ0n) is 18.9. The number of hydrogen-bond donors (Lipinski definition) is 2. The van der Waals surface area contributed by atoms with Crippen molar-refractivity contribution >= 4 is 34.5 Å². The first-order valence-corrected chi connectivity index (χ1v) is 12.7. The van der Waals surface area contributed by atoms with Crippen LogP contribution in [0.15, 0.2) is 30.7 Å². The molecule has 4 atom stereocenters. The van der Waals surface area contributed by atoms with Crippen molar-refractivity contribution in [2.24, 2.45) is 11.8 Å². The molecule has 1 fully saturated rings. The molecule has 1 saturated carbocycles. The molecular weight excluding hydrogens is 496 g/mol. The van der Waals surface area contributed by atoms with Gasteiger partial charge in [0.25, 0.3) is 0 Å². The van der Waals surface area contributed by atoms with E-state index in [1.165, 1.54) is 18.6 Å². The van der Waals surface area contributed by atoms with Gasteiger partial charge in [0.05, 0.1) is 21.4 Å². The predicted molar refractivity (Wildman–Crippen MR) is 129 cm³/mol. The first kappa shape index (κ1) is 24.2. The Hall–Kier alpha value is -2.46. The van der Waals surface area contributed by atoms with Crippen LogP contribution in [0.25, 0.3) is 0 Å². The second-order valence-electron chi connectivity index (χ2n) is 9.15. The molecule has 3 heterocycles. The number of rotatable bonds is 6. The Morgan fingerprint density at radius 3 is 2.83 bits per heavy atom. The molecule has 0 bridgehead atoms. The minimum Gasteiger partial charge on any atom is -0.396 e. The number of aliphatic hydroxyl groups is 1. The van der Waals surface area contributed by atoms with Crippen molar-refractivity contribution in [3.05, 3.63) is 73.8 Å². The number of nitrogens with one attached hydrogen (secondary N) is 1. The van der Waals surface area contributed by atoms with Crippen LogP contribution >= 0.6 is 22.9 Å². The number of fused-ring (bicyclic) bond motifs is 1. The monoisotopic (exact) mass is 519 g/mol. The molecule has 1 unspecified atom stereocenters. The van der Waals surface area contributed by atoms with Gasteiger partial charge in [-0.3, -0.25) is 4.79 Å². The number of nitrogens with zero attached hydrogens (tertiary/aromatic N) is 2. The first-order chi connectivity index (χ1) is 16.9. The molecular formula is C25H24ClF2N3O3S. The summed E-state index contributed by atoms with van der Waals surface area (Å²) in [5.41, 5.74) is 2.02. The Morgan fingerprint density at radius 1 is 1.26 bits per heavy atom. The van der Waals surface area contributed by atoms with Gasteiger partial charge in [0, 0.05) is 24.4 Å². The van der Waals surface area contributed by atoms with E-state index < -0.39 is 17.7 Å². The Balaban J connectivity index is 1.42. The number of anilines is 1. The van der Waals surface area contributed by atoms with Gasteiger partial charge in [-0.1, -0.05) is 18.5 Å². The van der Waals surface area contributed by atoms with Gasteiger partial charge in [-0.25, -0.2) is 18.7 Å². The maximum atomic E-state index is 14.0. The third-order valence-corrected chi connectivity index (χ3v) is 8.31. The quantitative estimate of drug-likeness (QED) is 0.436. The molecule has 0 spiro atoms. The molecule has 0 amide bonds. The van der Waals surface area contributed by atoms with E-state index in [-0.39, 0.29) is 24.3 Å². The minimum atomic E-state index is -0.955. The number of thiophene rings is 1. The fourth-order valence-corrected chi connectivity index (χ4v) is 6.28. The van der Waals surface area contributed by atoms with Gasteiger partial charge in [-0.05, 0) is 60.4 Å². The summed E-state index contributed by atoms with van der Waals surface area (Å²) in [5, 5.41) is 12.9. The van der Waals surface area contributed by atoms with E-state index >= 15 is 0 Å². The number of halogens is 3. The lowest BCUT2D eigenvalue weighted by atomic mass is 9.93. The lowest BCUT2D eigenvalue weighted by Gasteiger charge is -2.26. The van der Waals surface area contributed by atoms with Gasteiger partial charge >= 0.3 is 0 Å². The maximum absolute atomic E-state index is 14.0. The van der Waals surface area contributed by atoms with E-state index in [1.54, 1.807) is 6.07 Å². The van der Waals surface area contributed by atoms with Crippen LogP contribution in [0.2, 0.25) is 4.34 Å². The van der Waals surface area contributed by atoms with Crippen molar-refractivity contribution in [2.75, 3.05) is 18.5 Å². The van der Waals surface area contributed by atoms with Crippen LogP contribution in [0, 0.1) is 23.5 Å². The molecule has 2 aliphatic rings. The van der Waals surface area contributed by atoms with Crippen LogP contribution in [-0.4, -0.2) is 40.1 Å². The summed E-state index contributed by atoms with van der Waals surface area (Å²) >= 11 is 7.62. The molecule has 6 nitrogen and oxygen atoms in total. The average molecular weight is 520 g/mol. The molecule has 3 aromatic rings. The highest BCUT2D eigenvalue weighted by molar-refractivity contribution is 7.18. The molecule has 1 aliphatic heterocycles. The molecule has 35 heavy (non-hydrogen) atoms. The van der Waals surface area contributed by atoms with Gasteiger partial charge in [0.2, 0.25) is 5.78 Å². The van der Waals surface area contributed by atoms with Crippen LogP contribution in [0.1, 0.15) is 57.8 Å². The number of carbonyl (C=O) groups is 1. The number of benzene rings is 1. The topological polar surface area (TPSA) is 84.3 Å². The van der Waals surface area contributed by atoms with Gasteiger partial charge in [0.15, 0.2) is 11.6 Å². The van der Waals surface area contributed by atoms with Crippen molar-refractivity contribution < 1.29 is 23.4 Å². The Kier molecular flexibility index (Phi) is 6.85. The second kappa shape index (κ2) is 9.89. The van der Waals surface area contributed by atoms with Crippen LogP contribution in [-0.2, 0) is 11.2 Å². The summed E-state index contributed by atoms with van der Waals surface area (Å²) in [7, 11) is 0. The third-order valence-electron chi connectivity index (χ3n) is 6.92. The normalized spacial score (nSPS) is 23.8. The Bertz CT molecular complexity index is 1270. The fraction of sp³-hybridized carbons (Fsp3) is 0.400. The van der Waals surface area contributed by atoms with Crippen LogP contribution in [0.3, 0.4) is 0 Å². The van der Waals surface area contributed by atoms with Crippen LogP contribution < -0.4 is 5.32 Å². The second-order valence-corrected chi connectivity index (χ2v) is 10.8. The fourth-order valence-electron chi connectivity index (χ4n) is 5.02. The minimum absolute atomic E-state index is 0.0912. The molecule has 1 aliphatic carbocycles. The zero-order chi connectivity index (χ0) is 24.7. The third kappa shape index (κ3) is 4.70. The number of ether oxygens (including phenoxy) is 1. The SMILES string of the molecule is C[C@H]1C[C@H](Nc2ncncc2C(=O)c2cc(C3OCCc4cc(F)c(F)cc43)c(Cl)s2)C[C@@H]1CO. The summed E-state index contributed by atoms with van der Waals surface area (Å²) < 4.78 is 33.9. The Labute approximate surface area is 210 Å². The molecule has 2 aromatic heterocycles. The van der Waals surface area contributed by atoms with Crippen LogP contribution in [0.5, 0.6) is 0 Å². The highest BCUT2D eigenvalue weighted by atomic mass is 35.5. The number of aromatic nitrogens is 2. The van der Waals surface area contributed by atoms with Gasteiger partial charge < -0.3 is 15.2 Å². The van der Waals surface area contributed by atoms with E-state index in [4.69, 9.17) is 16.3 Å². The highest BCUT2D eigenvalue weighted by Crippen LogP contribution is 2.42. The molecule has 10 heteroatoms. The van der Waals surface area contributed by atoms with Crippen molar-refractivity contribution in [2.45, 2.75) is 38.3 Å². The number of aliphatic hydroxyl groups excluding tert-OH is 1. The van der Waals surface area contributed by atoms with Gasteiger partial charge in [0.1, 0.15) is 18.2 Å². The lowest BCUT2D eigenvalue weighted by Crippen LogP contribution is -2.20. The molecule has 0 radical (unpaired) electrons. The average Bonchev–Trinajstić information content (AvgIpc) is 3.41. The maximum Gasteiger partial charge on any atom is 0.208 e. The summed E-state index contributed by atoms with van der Waals surface area (Å²) in [5.74, 6) is -1.13. The van der Waals surface area contributed by atoms with Crippen molar-refractivity contribution in [3.63, 3.8) is 0 Å². The summed E-state index contributed by atoms with van der Waals surface area (Å²) in [6.07, 6.45) is 4.28. The molecule has 5 rings (SSSR count). The van der Waals surface area contributed by atoms with Crippen molar-refractivity contribution in [1.29, 1.82) is 0 Å². The van der Waals surface area contributed by atoms with Crippen LogP contribution in [0.4, 0.5) is 14.6 Å². The Morgan fingerprint density at radius 2 is 2.06 bits per heavy atom. The van der Waals surface area contributed by atoms with E-state index in [9.17, 15) is 18.7 Å². The summed E-state index contributed by atoms with van der Waals surface area (Å²) in [6, 6.07) is 4.07. The van der Waals surface area contributed by atoms with Crippen molar-refractivity contribution in [1.82, 2.24) is 9.97 Å². The summed E-state index contributed by atoms with van der Waals surface area (Å²) in [4.78, 5) is 22.2.